The van der Waals surface area contributed by atoms with E-state index >= 15 is 0 Å². The molecule has 2 rings (SSSR count). The van der Waals surface area contributed by atoms with Crippen LogP contribution in [0.2, 0.25) is 0 Å². The molecule has 7 heteroatoms. The van der Waals surface area contributed by atoms with Crippen molar-refractivity contribution in [1.29, 1.82) is 0 Å². The smallest absolute Gasteiger partial charge is 0.284 e. The largest absolute Gasteiger partial charge is 0.360 e. The van der Waals surface area contributed by atoms with E-state index in [1.807, 2.05) is 25.1 Å². The number of aromatic nitrogens is 3. The van der Waals surface area contributed by atoms with Crippen LogP contribution in [-0.4, -0.2) is 39.6 Å². The molecule has 1 amide bonds. The standard InChI is InChI=1S/C14H19N5OS/c1-4-8-15-14-18-17-12(21-14)13(20)19(3)9-11-7-5-6-10(2)16-11/h5-7H,4,8-9H2,1-3H3,(H,15,18). The van der Waals surface area contributed by atoms with Crippen molar-refractivity contribution in [2.45, 2.75) is 26.8 Å². The van der Waals surface area contributed by atoms with E-state index < -0.39 is 0 Å². The van der Waals surface area contributed by atoms with Crippen LogP contribution in [0.3, 0.4) is 0 Å². The summed E-state index contributed by atoms with van der Waals surface area (Å²) in [7, 11) is 1.74. The van der Waals surface area contributed by atoms with Crippen molar-refractivity contribution < 1.29 is 4.79 Å². The first kappa shape index (κ1) is 15.4. The van der Waals surface area contributed by atoms with Crippen molar-refractivity contribution >= 4 is 22.4 Å². The van der Waals surface area contributed by atoms with E-state index in [1.165, 1.54) is 11.3 Å². The van der Waals surface area contributed by atoms with Crippen molar-refractivity contribution in [3.05, 3.63) is 34.6 Å². The van der Waals surface area contributed by atoms with Crippen LogP contribution < -0.4 is 5.32 Å². The molecular weight excluding hydrogens is 286 g/mol. The lowest BCUT2D eigenvalue weighted by Crippen LogP contribution is -2.26. The number of amides is 1. The second-order valence-electron chi connectivity index (χ2n) is 4.77. The lowest BCUT2D eigenvalue weighted by molar-refractivity contribution is 0.0782. The zero-order valence-corrected chi connectivity index (χ0v) is 13.3. The number of nitrogens with one attached hydrogen (secondary N) is 1. The quantitative estimate of drug-likeness (QED) is 0.887. The normalized spacial score (nSPS) is 10.4. The van der Waals surface area contributed by atoms with Crippen LogP contribution in [0.25, 0.3) is 0 Å². The number of carbonyl (C=O) groups is 1. The Morgan fingerprint density at radius 3 is 2.90 bits per heavy atom. The van der Waals surface area contributed by atoms with Crippen molar-refractivity contribution in [3.8, 4) is 0 Å². The molecule has 0 unspecified atom stereocenters. The summed E-state index contributed by atoms with van der Waals surface area (Å²) in [5.41, 5.74) is 1.80. The first-order chi connectivity index (χ1) is 10.1. The summed E-state index contributed by atoms with van der Waals surface area (Å²) >= 11 is 1.28. The number of pyridine rings is 1. The fourth-order valence-electron chi connectivity index (χ4n) is 1.78. The predicted octanol–water partition coefficient (Wildman–Crippen LogP) is 2.34. The summed E-state index contributed by atoms with van der Waals surface area (Å²) in [6.07, 6.45) is 1.00. The Bertz CT molecular complexity index is 613. The Labute approximate surface area is 128 Å². The molecule has 1 N–H and O–H groups in total. The topological polar surface area (TPSA) is 71.0 Å². The molecular formula is C14H19N5OS. The van der Waals surface area contributed by atoms with Gasteiger partial charge in [0.25, 0.3) is 5.91 Å². The van der Waals surface area contributed by atoms with Crippen LogP contribution in [0.15, 0.2) is 18.2 Å². The molecule has 0 saturated heterocycles. The Morgan fingerprint density at radius 2 is 2.19 bits per heavy atom. The molecule has 0 aliphatic carbocycles. The molecule has 0 aliphatic rings. The van der Waals surface area contributed by atoms with Crippen LogP contribution >= 0.6 is 11.3 Å². The number of carbonyl (C=O) groups excluding carboxylic acids is 1. The van der Waals surface area contributed by atoms with Gasteiger partial charge < -0.3 is 10.2 Å². The lowest BCUT2D eigenvalue weighted by Gasteiger charge is -2.14. The molecule has 2 aromatic rings. The third-order valence-electron chi connectivity index (χ3n) is 2.83. The number of anilines is 1. The number of hydrogen-bond donors (Lipinski definition) is 1. The summed E-state index contributed by atoms with van der Waals surface area (Å²) in [6, 6.07) is 5.78. The summed E-state index contributed by atoms with van der Waals surface area (Å²) in [6.45, 7) is 5.29. The molecule has 0 fully saturated rings. The molecule has 21 heavy (non-hydrogen) atoms. The van der Waals surface area contributed by atoms with E-state index in [4.69, 9.17) is 0 Å². The predicted molar refractivity (Wildman–Crippen MR) is 83.5 cm³/mol. The van der Waals surface area contributed by atoms with Gasteiger partial charge in [-0.25, -0.2) is 0 Å². The van der Waals surface area contributed by atoms with Gasteiger partial charge >= 0.3 is 0 Å². The highest BCUT2D eigenvalue weighted by Crippen LogP contribution is 2.17. The van der Waals surface area contributed by atoms with Gasteiger partial charge in [-0.1, -0.05) is 24.3 Å². The van der Waals surface area contributed by atoms with Crippen LogP contribution in [0.1, 0.15) is 34.5 Å². The number of nitrogens with zero attached hydrogens (tertiary/aromatic N) is 4. The van der Waals surface area contributed by atoms with Crippen LogP contribution in [0, 0.1) is 6.92 Å². The molecule has 0 bridgehead atoms. The van der Waals surface area contributed by atoms with E-state index in [-0.39, 0.29) is 5.91 Å². The van der Waals surface area contributed by atoms with Crippen molar-refractivity contribution in [3.63, 3.8) is 0 Å². The van der Waals surface area contributed by atoms with Gasteiger partial charge in [-0.05, 0) is 25.5 Å². The number of aryl methyl sites for hydroxylation is 1. The van der Waals surface area contributed by atoms with E-state index in [9.17, 15) is 4.79 Å². The molecule has 0 radical (unpaired) electrons. The fraction of sp³-hybridized carbons (Fsp3) is 0.429. The number of hydrogen-bond acceptors (Lipinski definition) is 6. The fourth-order valence-corrected chi connectivity index (χ4v) is 2.54. The molecule has 0 aliphatic heterocycles. The Kier molecular flexibility index (Phi) is 5.21. The molecule has 0 spiro atoms. The monoisotopic (exact) mass is 305 g/mol. The van der Waals surface area contributed by atoms with Crippen molar-refractivity contribution in [2.75, 3.05) is 18.9 Å². The average molecular weight is 305 g/mol. The first-order valence-electron chi connectivity index (χ1n) is 6.85. The maximum absolute atomic E-state index is 12.3. The summed E-state index contributed by atoms with van der Waals surface area (Å²) in [5, 5.41) is 12.1. The van der Waals surface area contributed by atoms with E-state index in [1.54, 1.807) is 11.9 Å². The maximum atomic E-state index is 12.3. The van der Waals surface area contributed by atoms with Gasteiger partial charge in [-0.3, -0.25) is 9.78 Å². The second-order valence-corrected chi connectivity index (χ2v) is 5.75. The van der Waals surface area contributed by atoms with Crippen LogP contribution in [-0.2, 0) is 6.54 Å². The van der Waals surface area contributed by atoms with E-state index in [2.05, 4.69) is 27.4 Å². The molecule has 0 atom stereocenters. The van der Waals surface area contributed by atoms with Crippen LogP contribution in [0.4, 0.5) is 5.13 Å². The van der Waals surface area contributed by atoms with Gasteiger partial charge in [0.05, 0.1) is 12.2 Å². The Balaban J connectivity index is 2.00. The third kappa shape index (κ3) is 4.22. The minimum absolute atomic E-state index is 0.139. The molecule has 112 valence electrons. The molecule has 0 aromatic carbocycles. The van der Waals surface area contributed by atoms with Gasteiger partial charge in [0, 0.05) is 19.3 Å². The van der Waals surface area contributed by atoms with Gasteiger partial charge in [0.1, 0.15) is 0 Å². The molecule has 0 saturated carbocycles. The number of rotatable bonds is 6. The zero-order valence-electron chi connectivity index (χ0n) is 12.5. The summed E-state index contributed by atoms with van der Waals surface area (Å²) in [5.74, 6) is -0.139. The molecule has 2 aromatic heterocycles. The minimum atomic E-state index is -0.139. The molecule has 6 nitrogen and oxygen atoms in total. The van der Waals surface area contributed by atoms with E-state index in [0.29, 0.717) is 16.7 Å². The van der Waals surface area contributed by atoms with Crippen molar-refractivity contribution in [1.82, 2.24) is 20.1 Å². The maximum Gasteiger partial charge on any atom is 0.284 e. The Morgan fingerprint density at radius 1 is 1.38 bits per heavy atom. The van der Waals surface area contributed by atoms with Gasteiger partial charge in [0.2, 0.25) is 10.1 Å². The van der Waals surface area contributed by atoms with E-state index in [0.717, 1.165) is 24.4 Å². The van der Waals surface area contributed by atoms with Gasteiger partial charge in [-0.15, -0.1) is 10.2 Å². The highest BCUT2D eigenvalue weighted by Gasteiger charge is 2.17. The van der Waals surface area contributed by atoms with Gasteiger partial charge in [0.15, 0.2) is 0 Å². The zero-order chi connectivity index (χ0) is 15.2. The minimum Gasteiger partial charge on any atom is -0.360 e. The summed E-state index contributed by atoms with van der Waals surface area (Å²) < 4.78 is 0. The first-order valence-corrected chi connectivity index (χ1v) is 7.67. The lowest BCUT2D eigenvalue weighted by atomic mass is 10.3. The molecule has 2 heterocycles. The highest BCUT2D eigenvalue weighted by atomic mass is 32.1. The third-order valence-corrected chi connectivity index (χ3v) is 3.69. The highest BCUT2D eigenvalue weighted by molar-refractivity contribution is 7.17. The Hall–Kier alpha value is -2.02. The van der Waals surface area contributed by atoms with Crippen LogP contribution in [0.5, 0.6) is 0 Å². The summed E-state index contributed by atoms with van der Waals surface area (Å²) in [4.78, 5) is 18.3. The SMILES string of the molecule is CCCNc1nnc(C(=O)N(C)Cc2cccc(C)n2)s1. The average Bonchev–Trinajstić information content (AvgIpc) is 2.93. The second kappa shape index (κ2) is 7.12. The van der Waals surface area contributed by atoms with Gasteiger partial charge in [-0.2, -0.15) is 0 Å². The van der Waals surface area contributed by atoms with Crippen molar-refractivity contribution in [2.24, 2.45) is 0 Å².